The Labute approximate surface area is 147 Å². The van der Waals surface area contributed by atoms with Crippen molar-refractivity contribution in [2.24, 2.45) is 5.73 Å². The van der Waals surface area contributed by atoms with Gasteiger partial charge in [0.25, 0.3) is 0 Å². The molecule has 0 spiro atoms. The van der Waals surface area contributed by atoms with Gasteiger partial charge >= 0.3 is 0 Å². The van der Waals surface area contributed by atoms with Crippen molar-refractivity contribution < 1.29 is 14.2 Å². The molecule has 0 amide bonds. The first-order valence-corrected chi connectivity index (χ1v) is 8.20. The first-order valence-electron chi connectivity index (χ1n) is 8.20. The number of hydrogen-bond donors (Lipinski definition) is 2. The summed E-state index contributed by atoms with van der Waals surface area (Å²) in [6, 6.07) is 13.8. The zero-order valence-electron chi connectivity index (χ0n) is 14.5. The molecule has 0 fully saturated rings. The average Bonchev–Trinajstić information content (AvgIpc) is 2.58. The minimum atomic E-state index is -0.554. The Morgan fingerprint density at radius 2 is 1.96 bits per heavy atom. The molecule has 0 saturated heterocycles. The average molecular weight is 342 g/mol. The van der Waals surface area contributed by atoms with Crippen LogP contribution in [0, 0.1) is 17.1 Å². The highest BCUT2D eigenvalue weighted by molar-refractivity contribution is 5.44. The Bertz CT molecular complexity index is 751. The van der Waals surface area contributed by atoms with E-state index in [1.807, 2.05) is 13.8 Å². The number of nitrogens with zero attached hydrogens (tertiary/aromatic N) is 1. The van der Waals surface area contributed by atoms with E-state index < -0.39 is 11.7 Å². The molecular weight excluding hydrogens is 319 g/mol. The largest absolute Gasteiger partial charge is 0.485 e. The molecule has 0 unspecified atom stereocenters. The molecule has 5 heteroatoms. The van der Waals surface area contributed by atoms with Crippen LogP contribution in [-0.4, -0.2) is 23.4 Å². The SMILES string of the molecule is CC1(C)Oc2ccc(C#N)cc2C[C@H]1O.NCCc1ccc(F)cc1. The van der Waals surface area contributed by atoms with E-state index in [2.05, 4.69) is 6.07 Å². The minimum absolute atomic E-state index is 0.194. The van der Waals surface area contributed by atoms with Gasteiger partial charge in [0.05, 0.1) is 17.7 Å². The van der Waals surface area contributed by atoms with Gasteiger partial charge in [-0.05, 0) is 68.3 Å². The summed E-state index contributed by atoms with van der Waals surface area (Å²) < 4.78 is 18.0. The Kier molecular flexibility index (Phi) is 6.13. The van der Waals surface area contributed by atoms with Gasteiger partial charge in [0.1, 0.15) is 17.2 Å². The van der Waals surface area contributed by atoms with Crippen molar-refractivity contribution in [3.63, 3.8) is 0 Å². The molecule has 4 nitrogen and oxygen atoms in total. The van der Waals surface area contributed by atoms with Gasteiger partial charge in [-0.3, -0.25) is 0 Å². The van der Waals surface area contributed by atoms with Crippen LogP contribution < -0.4 is 10.5 Å². The summed E-state index contributed by atoms with van der Waals surface area (Å²) in [7, 11) is 0. The molecule has 1 atom stereocenters. The van der Waals surface area contributed by atoms with Gasteiger partial charge in [0.15, 0.2) is 0 Å². The van der Waals surface area contributed by atoms with Crippen LogP contribution in [0.15, 0.2) is 42.5 Å². The molecule has 1 aliphatic rings. The second kappa shape index (κ2) is 8.11. The third-order valence-corrected chi connectivity index (χ3v) is 4.12. The maximum absolute atomic E-state index is 12.3. The lowest BCUT2D eigenvalue weighted by Crippen LogP contribution is -2.46. The number of fused-ring (bicyclic) bond motifs is 1. The van der Waals surface area contributed by atoms with Crippen LogP contribution in [0.2, 0.25) is 0 Å². The first-order chi connectivity index (χ1) is 11.9. The van der Waals surface area contributed by atoms with Gasteiger partial charge in [-0.2, -0.15) is 5.26 Å². The molecule has 3 N–H and O–H groups in total. The van der Waals surface area contributed by atoms with Crippen molar-refractivity contribution in [2.75, 3.05) is 6.54 Å². The van der Waals surface area contributed by atoms with E-state index in [0.29, 0.717) is 18.5 Å². The van der Waals surface area contributed by atoms with Crippen molar-refractivity contribution >= 4 is 0 Å². The molecular formula is C20H23FN2O2. The summed E-state index contributed by atoms with van der Waals surface area (Å²) >= 11 is 0. The van der Waals surface area contributed by atoms with Crippen LogP contribution in [0.25, 0.3) is 0 Å². The summed E-state index contributed by atoms with van der Waals surface area (Å²) in [5.41, 5.74) is 7.34. The lowest BCUT2D eigenvalue weighted by atomic mass is 9.90. The molecule has 0 aromatic heterocycles. The third-order valence-electron chi connectivity index (χ3n) is 4.12. The van der Waals surface area contributed by atoms with E-state index in [9.17, 15) is 9.50 Å². The number of halogens is 1. The molecule has 2 aromatic carbocycles. The van der Waals surface area contributed by atoms with Crippen LogP contribution in [0.5, 0.6) is 5.75 Å². The monoisotopic (exact) mass is 342 g/mol. The van der Waals surface area contributed by atoms with E-state index in [1.165, 1.54) is 12.1 Å². The number of benzene rings is 2. The first kappa shape index (κ1) is 18.9. The quantitative estimate of drug-likeness (QED) is 0.879. The lowest BCUT2D eigenvalue weighted by Gasteiger charge is -2.37. The van der Waals surface area contributed by atoms with E-state index in [4.69, 9.17) is 15.7 Å². The summed E-state index contributed by atoms with van der Waals surface area (Å²) in [5, 5.41) is 18.6. The maximum atomic E-state index is 12.3. The zero-order chi connectivity index (χ0) is 18.4. The van der Waals surface area contributed by atoms with Crippen LogP contribution in [0.1, 0.15) is 30.5 Å². The second-order valence-corrected chi connectivity index (χ2v) is 6.52. The summed E-state index contributed by atoms with van der Waals surface area (Å²) in [4.78, 5) is 0. The minimum Gasteiger partial charge on any atom is -0.485 e. The molecule has 1 heterocycles. The van der Waals surface area contributed by atoms with Crippen molar-refractivity contribution in [1.29, 1.82) is 5.26 Å². The summed E-state index contributed by atoms with van der Waals surface area (Å²) in [6.07, 6.45) is 0.831. The van der Waals surface area contributed by atoms with E-state index >= 15 is 0 Å². The van der Waals surface area contributed by atoms with E-state index in [0.717, 1.165) is 23.3 Å². The molecule has 3 rings (SSSR count). The van der Waals surface area contributed by atoms with Gasteiger partial charge in [-0.15, -0.1) is 0 Å². The van der Waals surface area contributed by atoms with Crippen molar-refractivity contribution in [2.45, 2.75) is 38.4 Å². The highest BCUT2D eigenvalue weighted by Gasteiger charge is 2.35. The van der Waals surface area contributed by atoms with Crippen molar-refractivity contribution in [3.8, 4) is 11.8 Å². The Morgan fingerprint density at radius 1 is 1.28 bits per heavy atom. The van der Waals surface area contributed by atoms with Gasteiger partial charge in [0.2, 0.25) is 0 Å². The number of rotatable bonds is 2. The second-order valence-electron chi connectivity index (χ2n) is 6.52. The van der Waals surface area contributed by atoms with Gasteiger partial charge in [0, 0.05) is 6.42 Å². The number of hydrogen-bond acceptors (Lipinski definition) is 4. The Balaban J connectivity index is 0.000000196. The normalized spacial score (nSPS) is 17.4. The molecule has 1 aliphatic heterocycles. The molecule has 0 saturated carbocycles. The van der Waals surface area contributed by atoms with Crippen molar-refractivity contribution in [3.05, 3.63) is 65.0 Å². The predicted molar refractivity (Wildman–Crippen MR) is 94.7 cm³/mol. The smallest absolute Gasteiger partial charge is 0.129 e. The molecule has 132 valence electrons. The Morgan fingerprint density at radius 3 is 2.56 bits per heavy atom. The number of nitriles is 1. The van der Waals surface area contributed by atoms with Crippen LogP contribution in [-0.2, 0) is 12.8 Å². The fourth-order valence-corrected chi connectivity index (χ4v) is 2.53. The van der Waals surface area contributed by atoms with Gasteiger partial charge < -0.3 is 15.6 Å². The highest BCUT2D eigenvalue weighted by Crippen LogP contribution is 2.33. The maximum Gasteiger partial charge on any atom is 0.129 e. The number of aliphatic hydroxyl groups is 1. The number of ether oxygens (including phenoxy) is 1. The zero-order valence-corrected chi connectivity index (χ0v) is 14.5. The fraction of sp³-hybridized carbons (Fsp3) is 0.350. The molecule has 0 bridgehead atoms. The molecule has 2 aromatic rings. The van der Waals surface area contributed by atoms with Gasteiger partial charge in [-0.1, -0.05) is 12.1 Å². The number of aliphatic hydroxyl groups excluding tert-OH is 1. The molecule has 0 radical (unpaired) electrons. The van der Waals surface area contributed by atoms with E-state index in [1.54, 1.807) is 30.3 Å². The molecule has 25 heavy (non-hydrogen) atoms. The van der Waals surface area contributed by atoms with E-state index in [-0.39, 0.29) is 5.82 Å². The van der Waals surface area contributed by atoms with Crippen LogP contribution >= 0.6 is 0 Å². The van der Waals surface area contributed by atoms with Gasteiger partial charge in [-0.25, -0.2) is 4.39 Å². The van der Waals surface area contributed by atoms with Crippen LogP contribution in [0.4, 0.5) is 4.39 Å². The fourth-order valence-electron chi connectivity index (χ4n) is 2.53. The highest BCUT2D eigenvalue weighted by atomic mass is 19.1. The van der Waals surface area contributed by atoms with Crippen LogP contribution in [0.3, 0.4) is 0 Å². The topological polar surface area (TPSA) is 79.3 Å². The summed E-state index contributed by atoms with van der Waals surface area (Å²) in [6.45, 7) is 4.34. The predicted octanol–water partition coefficient (Wildman–Crippen LogP) is 2.96. The number of nitrogens with two attached hydrogens (primary N) is 1. The third kappa shape index (κ3) is 5.02. The molecule has 0 aliphatic carbocycles. The summed E-state index contributed by atoms with van der Waals surface area (Å²) in [5.74, 6) is 0.574. The Hall–Kier alpha value is -2.42. The lowest BCUT2D eigenvalue weighted by molar-refractivity contribution is -0.0411. The van der Waals surface area contributed by atoms with Crippen molar-refractivity contribution in [1.82, 2.24) is 0 Å². The standard InChI is InChI=1S/C12H13NO2.C8H10FN/c1-12(2)11(14)6-9-5-8(7-13)3-4-10(9)15-12;9-8-3-1-7(2-4-8)5-6-10/h3-5,11,14H,6H2,1-2H3;1-4H,5-6,10H2/t11-;/m1./s1.